The number of hydrogen-bond acceptors (Lipinski definition) is 2. The summed E-state index contributed by atoms with van der Waals surface area (Å²) >= 11 is 0. The van der Waals surface area contributed by atoms with Crippen molar-refractivity contribution in [2.24, 2.45) is 5.92 Å². The second-order valence-corrected chi connectivity index (χ2v) is 4.56. The SMILES string of the molecule is C#CC1CC(=O)N(CCCOc2ccc(F)cc2)C1. The number of benzene rings is 1. The smallest absolute Gasteiger partial charge is 0.223 e. The summed E-state index contributed by atoms with van der Waals surface area (Å²) in [6.07, 6.45) is 6.51. The van der Waals surface area contributed by atoms with Gasteiger partial charge in [-0.1, -0.05) is 0 Å². The standard InChI is InChI=1S/C15H16FNO2/c1-2-12-10-15(18)17(11-12)8-3-9-19-14-6-4-13(16)5-7-14/h1,4-7,12H,3,8-11H2. The number of likely N-dealkylation sites (tertiary alicyclic amines) is 1. The number of hydrogen-bond donors (Lipinski definition) is 0. The monoisotopic (exact) mass is 261 g/mol. The molecule has 1 heterocycles. The fourth-order valence-electron chi connectivity index (χ4n) is 2.08. The van der Waals surface area contributed by atoms with Crippen LogP contribution in [-0.4, -0.2) is 30.5 Å². The van der Waals surface area contributed by atoms with Gasteiger partial charge in [0.25, 0.3) is 0 Å². The highest BCUT2D eigenvalue weighted by atomic mass is 19.1. The van der Waals surface area contributed by atoms with Gasteiger partial charge in [-0.2, -0.15) is 0 Å². The quantitative estimate of drug-likeness (QED) is 0.600. The van der Waals surface area contributed by atoms with E-state index in [1.165, 1.54) is 12.1 Å². The van der Waals surface area contributed by atoms with Crippen LogP contribution in [0.3, 0.4) is 0 Å². The number of terminal acetylenes is 1. The van der Waals surface area contributed by atoms with Gasteiger partial charge in [0.05, 0.1) is 6.61 Å². The number of carbonyl (C=O) groups excluding carboxylic acids is 1. The summed E-state index contributed by atoms with van der Waals surface area (Å²) in [7, 11) is 0. The molecule has 1 unspecified atom stereocenters. The van der Waals surface area contributed by atoms with Gasteiger partial charge in [0, 0.05) is 25.4 Å². The zero-order valence-electron chi connectivity index (χ0n) is 10.6. The Bertz CT molecular complexity index is 478. The maximum atomic E-state index is 12.7. The lowest BCUT2D eigenvalue weighted by molar-refractivity contribution is -0.127. The van der Waals surface area contributed by atoms with E-state index in [2.05, 4.69) is 5.92 Å². The lowest BCUT2D eigenvalue weighted by Crippen LogP contribution is -2.27. The second-order valence-electron chi connectivity index (χ2n) is 4.56. The van der Waals surface area contributed by atoms with E-state index in [1.807, 2.05) is 0 Å². The van der Waals surface area contributed by atoms with E-state index >= 15 is 0 Å². The zero-order valence-corrected chi connectivity index (χ0v) is 10.6. The molecule has 2 rings (SSSR count). The van der Waals surface area contributed by atoms with Crippen LogP contribution in [0, 0.1) is 24.1 Å². The Morgan fingerprint density at radius 3 is 2.79 bits per heavy atom. The summed E-state index contributed by atoms with van der Waals surface area (Å²) in [4.78, 5) is 13.4. The van der Waals surface area contributed by atoms with Crippen LogP contribution in [0.4, 0.5) is 4.39 Å². The first-order valence-corrected chi connectivity index (χ1v) is 6.31. The van der Waals surface area contributed by atoms with Gasteiger partial charge in [0.1, 0.15) is 11.6 Å². The van der Waals surface area contributed by atoms with Gasteiger partial charge < -0.3 is 9.64 Å². The van der Waals surface area contributed by atoms with Crippen LogP contribution in [0.5, 0.6) is 5.75 Å². The number of carbonyl (C=O) groups is 1. The van der Waals surface area contributed by atoms with Crippen molar-refractivity contribution in [3.63, 3.8) is 0 Å². The van der Waals surface area contributed by atoms with Crippen LogP contribution in [-0.2, 0) is 4.79 Å². The average molecular weight is 261 g/mol. The minimum absolute atomic E-state index is 0.0468. The molecule has 0 bridgehead atoms. The molecule has 0 aromatic heterocycles. The molecule has 1 aromatic carbocycles. The molecule has 0 N–H and O–H groups in total. The van der Waals surface area contributed by atoms with Gasteiger partial charge in [-0.25, -0.2) is 4.39 Å². The van der Waals surface area contributed by atoms with Crippen LogP contribution < -0.4 is 4.74 Å². The third-order valence-electron chi connectivity index (χ3n) is 3.10. The molecule has 0 saturated carbocycles. The first-order valence-electron chi connectivity index (χ1n) is 6.31. The topological polar surface area (TPSA) is 29.5 Å². The highest BCUT2D eigenvalue weighted by Crippen LogP contribution is 2.17. The molecule has 100 valence electrons. The lowest BCUT2D eigenvalue weighted by atomic mass is 10.1. The molecular weight excluding hydrogens is 245 g/mol. The van der Waals surface area contributed by atoms with E-state index in [0.29, 0.717) is 31.9 Å². The second kappa shape index (κ2) is 6.24. The molecule has 3 nitrogen and oxygen atoms in total. The van der Waals surface area contributed by atoms with Crippen molar-refractivity contribution >= 4 is 5.91 Å². The Balaban J connectivity index is 1.69. The summed E-state index contributed by atoms with van der Waals surface area (Å²) < 4.78 is 18.1. The van der Waals surface area contributed by atoms with Crippen LogP contribution in [0.25, 0.3) is 0 Å². The van der Waals surface area contributed by atoms with Crippen molar-refractivity contribution in [2.75, 3.05) is 19.7 Å². The largest absolute Gasteiger partial charge is 0.494 e. The summed E-state index contributed by atoms with van der Waals surface area (Å²) in [6, 6.07) is 5.89. The molecule has 0 spiro atoms. The predicted molar refractivity (Wildman–Crippen MR) is 70.0 cm³/mol. The fraction of sp³-hybridized carbons (Fsp3) is 0.400. The highest BCUT2D eigenvalue weighted by molar-refractivity contribution is 5.79. The summed E-state index contributed by atoms with van der Waals surface area (Å²) in [5.41, 5.74) is 0. The van der Waals surface area contributed by atoms with Crippen LogP contribution >= 0.6 is 0 Å². The number of rotatable bonds is 5. The van der Waals surface area contributed by atoms with Crippen molar-refractivity contribution in [3.05, 3.63) is 30.1 Å². The first-order chi connectivity index (χ1) is 9.19. The van der Waals surface area contributed by atoms with Gasteiger partial charge in [0.2, 0.25) is 5.91 Å². The third kappa shape index (κ3) is 3.72. The van der Waals surface area contributed by atoms with Crippen molar-refractivity contribution in [3.8, 4) is 18.1 Å². The molecule has 1 atom stereocenters. The van der Waals surface area contributed by atoms with Gasteiger partial charge >= 0.3 is 0 Å². The summed E-state index contributed by atoms with van der Waals surface area (Å²) in [6.45, 7) is 1.79. The number of ether oxygens (including phenoxy) is 1. The maximum absolute atomic E-state index is 12.7. The van der Waals surface area contributed by atoms with E-state index in [1.54, 1.807) is 17.0 Å². The molecule has 4 heteroatoms. The van der Waals surface area contributed by atoms with Crippen molar-refractivity contribution in [2.45, 2.75) is 12.8 Å². The Kier molecular flexibility index (Phi) is 4.40. The van der Waals surface area contributed by atoms with Gasteiger partial charge in [0.15, 0.2) is 0 Å². The zero-order chi connectivity index (χ0) is 13.7. The molecule has 1 aromatic rings. The number of amides is 1. The Hall–Kier alpha value is -2.02. The Morgan fingerprint density at radius 1 is 1.42 bits per heavy atom. The van der Waals surface area contributed by atoms with Crippen molar-refractivity contribution in [1.82, 2.24) is 4.90 Å². The van der Waals surface area contributed by atoms with E-state index in [-0.39, 0.29) is 17.6 Å². The molecule has 0 radical (unpaired) electrons. The average Bonchev–Trinajstić information content (AvgIpc) is 2.77. The van der Waals surface area contributed by atoms with Crippen LogP contribution in [0.2, 0.25) is 0 Å². The molecule has 19 heavy (non-hydrogen) atoms. The van der Waals surface area contributed by atoms with Gasteiger partial charge in [-0.05, 0) is 30.7 Å². The van der Waals surface area contributed by atoms with Gasteiger partial charge in [-0.15, -0.1) is 12.3 Å². The fourth-order valence-corrected chi connectivity index (χ4v) is 2.08. The van der Waals surface area contributed by atoms with Gasteiger partial charge in [-0.3, -0.25) is 4.79 Å². The summed E-state index contributed by atoms with van der Waals surface area (Å²) in [5.74, 6) is 3.13. The summed E-state index contributed by atoms with van der Waals surface area (Å²) in [5, 5.41) is 0. The molecule has 1 amide bonds. The molecule has 0 aliphatic carbocycles. The third-order valence-corrected chi connectivity index (χ3v) is 3.10. The number of halogens is 1. The first kappa shape index (κ1) is 13.4. The van der Waals surface area contributed by atoms with Crippen molar-refractivity contribution < 1.29 is 13.9 Å². The van der Waals surface area contributed by atoms with Crippen LogP contribution in [0.1, 0.15) is 12.8 Å². The minimum Gasteiger partial charge on any atom is -0.494 e. The van der Waals surface area contributed by atoms with Crippen molar-refractivity contribution in [1.29, 1.82) is 0 Å². The Labute approximate surface area is 112 Å². The minimum atomic E-state index is -0.282. The number of nitrogens with zero attached hydrogens (tertiary/aromatic N) is 1. The molecule has 1 aliphatic rings. The van der Waals surface area contributed by atoms with E-state index in [0.717, 1.165) is 6.42 Å². The van der Waals surface area contributed by atoms with E-state index < -0.39 is 0 Å². The highest BCUT2D eigenvalue weighted by Gasteiger charge is 2.27. The predicted octanol–water partition coefficient (Wildman–Crippen LogP) is 2.08. The molecule has 1 fully saturated rings. The molecule has 1 saturated heterocycles. The molecular formula is C15H16FNO2. The normalized spacial score (nSPS) is 18.4. The van der Waals surface area contributed by atoms with Crippen LogP contribution in [0.15, 0.2) is 24.3 Å². The molecule has 1 aliphatic heterocycles. The maximum Gasteiger partial charge on any atom is 0.223 e. The van der Waals surface area contributed by atoms with E-state index in [4.69, 9.17) is 11.2 Å². The Morgan fingerprint density at radius 2 is 2.16 bits per heavy atom. The lowest BCUT2D eigenvalue weighted by Gasteiger charge is -2.15. The van der Waals surface area contributed by atoms with E-state index in [9.17, 15) is 9.18 Å².